The number of H-pyrrole nitrogens is 1. The van der Waals surface area contributed by atoms with Gasteiger partial charge in [-0.05, 0) is 35.9 Å². The Morgan fingerprint density at radius 1 is 0.933 bits per heavy atom. The molecule has 0 fully saturated rings. The predicted octanol–water partition coefficient (Wildman–Crippen LogP) is 4.21. The summed E-state index contributed by atoms with van der Waals surface area (Å²) in [5, 5.41) is 9.51. The smallest absolute Gasteiger partial charge is 0.229 e. The summed E-state index contributed by atoms with van der Waals surface area (Å²) in [4.78, 5) is 8.75. The van der Waals surface area contributed by atoms with Gasteiger partial charge in [0.25, 0.3) is 0 Å². The van der Waals surface area contributed by atoms with E-state index in [1.165, 1.54) is 0 Å². The van der Waals surface area contributed by atoms with Crippen molar-refractivity contribution in [2.24, 2.45) is 0 Å². The van der Waals surface area contributed by atoms with Crippen LogP contribution in [0.1, 0.15) is 0 Å². The zero-order chi connectivity index (χ0) is 20.7. The Labute approximate surface area is 172 Å². The molecule has 2 N–H and O–H groups in total. The molecular formula is C22H17N5O2S. The first-order chi connectivity index (χ1) is 14.5. The molecule has 5 aromatic rings. The van der Waals surface area contributed by atoms with Crippen molar-refractivity contribution >= 4 is 37.5 Å². The number of aromatic amines is 1. The number of hydrogen-bond acceptors (Lipinski definition) is 5. The highest BCUT2D eigenvalue weighted by Crippen LogP contribution is 2.34. The number of sulfonamides is 1. The van der Waals surface area contributed by atoms with Crippen molar-refractivity contribution in [3.8, 4) is 22.4 Å². The average Bonchev–Trinajstić information content (AvgIpc) is 3.18. The van der Waals surface area contributed by atoms with Crippen LogP contribution in [0.2, 0.25) is 0 Å². The number of benzene rings is 2. The molecule has 0 bridgehead atoms. The second kappa shape index (κ2) is 6.93. The maximum absolute atomic E-state index is 11.4. The zero-order valence-electron chi connectivity index (χ0n) is 16.0. The maximum atomic E-state index is 11.4. The molecule has 0 unspecified atom stereocenters. The quantitative estimate of drug-likeness (QED) is 0.458. The number of hydrogen-bond donors (Lipinski definition) is 2. The molecule has 148 valence electrons. The van der Waals surface area contributed by atoms with E-state index >= 15 is 0 Å². The van der Waals surface area contributed by atoms with E-state index in [1.54, 1.807) is 24.5 Å². The third-order valence-corrected chi connectivity index (χ3v) is 5.46. The molecule has 0 aliphatic heterocycles. The van der Waals surface area contributed by atoms with Gasteiger partial charge in [-0.1, -0.05) is 24.3 Å². The fourth-order valence-electron chi connectivity index (χ4n) is 3.54. The summed E-state index contributed by atoms with van der Waals surface area (Å²) in [6.45, 7) is 0. The van der Waals surface area contributed by atoms with Crippen LogP contribution in [0.25, 0.3) is 44.2 Å². The highest BCUT2D eigenvalue weighted by atomic mass is 32.2. The van der Waals surface area contributed by atoms with Crippen LogP contribution in [0, 0.1) is 0 Å². The molecular weight excluding hydrogens is 398 g/mol. The predicted molar refractivity (Wildman–Crippen MR) is 119 cm³/mol. The van der Waals surface area contributed by atoms with Crippen molar-refractivity contribution in [1.82, 2.24) is 20.2 Å². The third-order valence-electron chi connectivity index (χ3n) is 4.85. The summed E-state index contributed by atoms with van der Waals surface area (Å²) in [7, 11) is -3.32. The molecule has 0 atom stereocenters. The average molecular weight is 415 g/mol. The molecule has 0 radical (unpaired) electrons. The summed E-state index contributed by atoms with van der Waals surface area (Å²) >= 11 is 0. The summed E-state index contributed by atoms with van der Waals surface area (Å²) in [5.74, 6) is 0. The molecule has 30 heavy (non-hydrogen) atoms. The van der Waals surface area contributed by atoms with Gasteiger partial charge in [-0.25, -0.2) is 8.42 Å². The van der Waals surface area contributed by atoms with Gasteiger partial charge < -0.3 is 0 Å². The Hall–Kier alpha value is -3.78. The van der Waals surface area contributed by atoms with Crippen molar-refractivity contribution in [2.75, 3.05) is 11.0 Å². The number of nitrogens with one attached hydrogen (secondary N) is 2. The van der Waals surface area contributed by atoms with E-state index in [-0.39, 0.29) is 0 Å². The van der Waals surface area contributed by atoms with Gasteiger partial charge >= 0.3 is 0 Å². The van der Waals surface area contributed by atoms with Crippen LogP contribution in [0.5, 0.6) is 0 Å². The van der Waals surface area contributed by atoms with Gasteiger partial charge in [0.05, 0.1) is 23.5 Å². The SMILES string of the molecule is CS(=O)(=O)Nc1ccc(-c2n[nH]c3cnc4ccc(-c5cccnc5)cc4c23)cc1. The molecule has 0 aliphatic rings. The van der Waals surface area contributed by atoms with Gasteiger partial charge in [0.15, 0.2) is 0 Å². The molecule has 3 aromatic heterocycles. The molecule has 0 spiro atoms. The number of anilines is 1. The second-order valence-corrected chi connectivity index (χ2v) is 8.79. The Morgan fingerprint density at radius 3 is 2.47 bits per heavy atom. The van der Waals surface area contributed by atoms with Crippen molar-refractivity contribution < 1.29 is 8.42 Å². The Balaban J connectivity index is 1.67. The first kappa shape index (κ1) is 18.3. The highest BCUT2D eigenvalue weighted by Gasteiger charge is 2.14. The third kappa shape index (κ3) is 3.37. The summed E-state index contributed by atoms with van der Waals surface area (Å²) in [6, 6.07) is 17.2. The number of nitrogens with zero attached hydrogens (tertiary/aromatic N) is 3. The lowest BCUT2D eigenvalue weighted by molar-refractivity contribution is 0.607. The van der Waals surface area contributed by atoms with E-state index in [1.807, 2.05) is 42.6 Å². The van der Waals surface area contributed by atoms with Crippen LogP contribution in [0.3, 0.4) is 0 Å². The number of rotatable bonds is 4. The minimum absolute atomic E-state index is 0.506. The van der Waals surface area contributed by atoms with Gasteiger partial charge in [-0.15, -0.1) is 0 Å². The minimum atomic E-state index is -3.32. The minimum Gasteiger partial charge on any atom is -0.284 e. The first-order valence-corrected chi connectivity index (χ1v) is 11.1. The zero-order valence-corrected chi connectivity index (χ0v) is 16.8. The van der Waals surface area contributed by atoms with Crippen LogP contribution in [-0.4, -0.2) is 34.8 Å². The van der Waals surface area contributed by atoms with E-state index in [0.29, 0.717) is 5.69 Å². The molecule has 7 nitrogen and oxygen atoms in total. The van der Waals surface area contributed by atoms with Crippen LogP contribution >= 0.6 is 0 Å². The van der Waals surface area contributed by atoms with E-state index in [0.717, 1.165) is 50.4 Å². The van der Waals surface area contributed by atoms with Gasteiger partial charge in [0.2, 0.25) is 10.0 Å². The summed E-state index contributed by atoms with van der Waals surface area (Å²) < 4.78 is 25.4. The maximum Gasteiger partial charge on any atom is 0.229 e. The molecule has 0 aliphatic carbocycles. The van der Waals surface area contributed by atoms with Crippen molar-refractivity contribution in [3.63, 3.8) is 0 Å². The first-order valence-electron chi connectivity index (χ1n) is 9.23. The lowest BCUT2D eigenvalue weighted by Crippen LogP contribution is -2.09. The Morgan fingerprint density at radius 2 is 1.73 bits per heavy atom. The molecule has 0 amide bonds. The van der Waals surface area contributed by atoms with Crippen molar-refractivity contribution in [2.45, 2.75) is 0 Å². The normalized spacial score (nSPS) is 11.8. The largest absolute Gasteiger partial charge is 0.284 e. The fraction of sp³-hybridized carbons (Fsp3) is 0.0455. The standard InChI is InChI=1S/C22H17N5O2S/c1-30(28,29)27-17-7-4-14(5-8-17)22-21-18-11-15(16-3-2-10-23-12-16)6-9-19(18)24-13-20(21)25-26-22/h2-13,27H,1H3,(H,25,26). The lowest BCUT2D eigenvalue weighted by atomic mass is 10.0. The fourth-order valence-corrected chi connectivity index (χ4v) is 4.10. The van der Waals surface area contributed by atoms with Gasteiger partial charge in [-0.2, -0.15) is 5.10 Å². The van der Waals surface area contributed by atoms with Gasteiger partial charge in [0.1, 0.15) is 5.69 Å². The van der Waals surface area contributed by atoms with E-state index in [2.05, 4.69) is 31.0 Å². The highest BCUT2D eigenvalue weighted by molar-refractivity contribution is 7.92. The van der Waals surface area contributed by atoms with E-state index in [9.17, 15) is 8.42 Å². The van der Waals surface area contributed by atoms with Gasteiger partial charge in [-0.3, -0.25) is 19.8 Å². The van der Waals surface area contributed by atoms with E-state index in [4.69, 9.17) is 0 Å². The summed E-state index contributed by atoms with van der Waals surface area (Å²) in [5.41, 5.74) is 5.94. The van der Waals surface area contributed by atoms with Gasteiger partial charge in [0, 0.05) is 40.0 Å². The van der Waals surface area contributed by atoms with Crippen LogP contribution < -0.4 is 4.72 Å². The molecule has 0 saturated heterocycles. The number of fused-ring (bicyclic) bond motifs is 3. The van der Waals surface area contributed by atoms with Crippen molar-refractivity contribution in [1.29, 1.82) is 0 Å². The van der Waals surface area contributed by atoms with Crippen LogP contribution in [0.15, 0.2) is 73.2 Å². The monoisotopic (exact) mass is 415 g/mol. The molecule has 2 aromatic carbocycles. The molecule has 5 rings (SSSR count). The molecule has 0 saturated carbocycles. The Kier molecular flexibility index (Phi) is 4.22. The molecule has 3 heterocycles. The van der Waals surface area contributed by atoms with E-state index < -0.39 is 10.0 Å². The topological polar surface area (TPSA) is 101 Å². The lowest BCUT2D eigenvalue weighted by Gasteiger charge is -2.07. The number of pyridine rings is 2. The molecule has 8 heteroatoms. The van der Waals surface area contributed by atoms with Crippen LogP contribution in [0.4, 0.5) is 5.69 Å². The Bertz CT molecular complexity index is 1480. The second-order valence-electron chi connectivity index (χ2n) is 7.04. The van der Waals surface area contributed by atoms with Crippen molar-refractivity contribution in [3.05, 3.63) is 73.2 Å². The van der Waals surface area contributed by atoms with Crippen LogP contribution in [-0.2, 0) is 10.0 Å². The summed E-state index contributed by atoms with van der Waals surface area (Å²) in [6.07, 6.45) is 6.48. The number of aromatic nitrogens is 4.